The number of halogens is 1. The van der Waals surface area contributed by atoms with Crippen molar-refractivity contribution in [3.8, 4) is 0 Å². The molecule has 0 amide bonds. The first kappa shape index (κ1) is 17.8. The normalized spacial score (nSPS) is 11.3. The molecule has 7 nitrogen and oxygen atoms in total. The predicted molar refractivity (Wildman–Crippen MR) is 52.5 cm³/mol. The molecule has 0 unspecified atom stereocenters. The first-order valence-corrected chi connectivity index (χ1v) is 6.48. The highest BCUT2D eigenvalue weighted by Crippen LogP contribution is 2.06. The number of pyridine rings is 1. The smallest absolute Gasteiger partial charge is 0.373 e. The molecular formula is C11H16ClNO6. The van der Waals surface area contributed by atoms with E-state index in [0.717, 1.165) is 0 Å². The predicted octanol–water partition coefficient (Wildman–Crippen LogP) is -3.44. The van der Waals surface area contributed by atoms with E-state index in [-0.39, 0.29) is 12.5 Å². The minimum atomic E-state index is -4.94. The first-order chi connectivity index (χ1) is 8.47. The number of aromatic nitrogens is 1. The zero-order valence-electron chi connectivity index (χ0n) is 10.9. The van der Waals surface area contributed by atoms with Gasteiger partial charge in [0.15, 0.2) is 12.4 Å². The third-order valence-corrected chi connectivity index (χ3v) is 1.51. The summed E-state index contributed by atoms with van der Waals surface area (Å²) in [6, 6.07) is 5.67. The maximum absolute atomic E-state index is 11.4. The van der Waals surface area contributed by atoms with Gasteiger partial charge in [0.2, 0.25) is 6.54 Å². The highest BCUT2D eigenvalue weighted by molar-refractivity contribution is 5.68. The molecule has 0 saturated carbocycles. The Bertz CT molecular complexity index is 378. The number of nitrogens with zero attached hydrogens (tertiary/aromatic N) is 1. The van der Waals surface area contributed by atoms with E-state index in [4.69, 9.17) is 23.4 Å². The Morgan fingerprint density at radius 2 is 1.53 bits per heavy atom. The lowest BCUT2D eigenvalue weighted by Crippen LogP contribution is -2.68. The molecule has 0 saturated heterocycles. The van der Waals surface area contributed by atoms with Gasteiger partial charge in [-0.25, -0.2) is 23.4 Å². The van der Waals surface area contributed by atoms with Crippen molar-refractivity contribution in [3.63, 3.8) is 0 Å². The molecule has 0 aliphatic carbocycles. The average Bonchev–Trinajstić information content (AvgIpc) is 2.12. The molecular weight excluding hydrogens is 278 g/mol. The molecule has 8 heteroatoms. The minimum absolute atomic E-state index is 0.214. The van der Waals surface area contributed by atoms with E-state index in [1.807, 2.05) is 51.4 Å². The molecule has 1 aromatic rings. The van der Waals surface area contributed by atoms with E-state index in [9.17, 15) is 4.79 Å². The summed E-state index contributed by atoms with van der Waals surface area (Å²) in [6.07, 6.45) is 3.67. The van der Waals surface area contributed by atoms with Crippen molar-refractivity contribution in [2.45, 2.75) is 32.9 Å². The lowest BCUT2D eigenvalue weighted by molar-refractivity contribution is -2.00. The van der Waals surface area contributed by atoms with Gasteiger partial charge < -0.3 is 4.74 Å². The van der Waals surface area contributed by atoms with Gasteiger partial charge in [-0.15, -0.1) is 10.2 Å². The third-order valence-electron chi connectivity index (χ3n) is 1.51. The van der Waals surface area contributed by atoms with Crippen LogP contribution in [0.4, 0.5) is 0 Å². The zero-order chi connectivity index (χ0) is 15.1. The van der Waals surface area contributed by atoms with E-state index in [1.165, 1.54) is 0 Å². The van der Waals surface area contributed by atoms with Crippen molar-refractivity contribution >= 4 is 5.97 Å². The summed E-state index contributed by atoms with van der Waals surface area (Å²) in [5.41, 5.74) is -0.410. The van der Waals surface area contributed by atoms with Crippen molar-refractivity contribution in [1.82, 2.24) is 0 Å². The van der Waals surface area contributed by atoms with Crippen LogP contribution in [0.15, 0.2) is 30.6 Å². The van der Waals surface area contributed by atoms with Crippen LogP contribution in [0, 0.1) is 10.2 Å². The Kier molecular flexibility index (Phi) is 6.88. The number of hydrogen-bond acceptors (Lipinski definition) is 6. The summed E-state index contributed by atoms with van der Waals surface area (Å²) in [6.45, 7) is 5.85. The number of hydrogen-bond donors (Lipinski definition) is 0. The zero-order valence-corrected chi connectivity index (χ0v) is 11.6. The molecule has 0 N–H and O–H groups in total. The fourth-order valence-electron chi connectivity index (χ4n) is 1.06. The second-order valence-corrected chi connectivity index (χ2v) is 5.27. The monoisotopic (exact) mass is 293 g/mol. The average molecular weight is 294 g/mol. The maximum atomic E-state index is 11.4. The van der Waals surface area contributed by atoms with Crippen molar-refractivity contribution in [3.05, 3.63) is 30.6 Å². The number of ether oxygens (including phenoxy) is 1. The molecule has 0 aromatic carbocycles. The lowest BCUT2D eigenvalue weighted by Gasteiger charge is -2.18. The van der Waals surface area contributed by atoms with Crippen LogP contribution < -0.4 is 23.2 Å². The maximum Gasteiger partial charge on any atom is 0.373 e. The summed E-state index contributed by atoms with van der Waals surface area (Å²) >= 11 is 0. The molecule has 1 aromatic heterocycles. The molecule has 19 heavy (non-hydrogen) atoms. The molecule has 0 atom stereocenters. The lowest BCUT2D eigenvalue weighted by atomic mass is 10.2. The molecule has 1 rings (SSSR count). The molecule has 0 radical (unpaired) electrons. The minimum Gasteiger partial charge on any atom is -0.455 e. The SMILES string of the molecule is CC(C)(C)OC(=O)C[n+]1ccccc1.[O-][Cl+3]([O-])([O-])[O-]. The summed E-state index contributed by atoms with van der Waals surface area (Å²) in [5.74, 6) is -0.214. The van der Waals surface area contributed by atoms with Crippen LogP contribution in [-0.4, -0.2) is 11.6 Å². The van der Waals surface area contributed by atoms with Gasteiger partial charge in [-0.05, 0) is 20.8 Å². The molecule has 0 fully saturated rings. The van der Waals surface area contributed by atoms with Gasteiger partial charge in [0.05, 0.1) is 0 Å². The summed E-state index contributed by atoms with van der Waals surface area (Å²) in [4.78, 5) is 11.4. The standard InChI is InChI=1S/C11H16NO2.ClHO4/c1-11(2,3)14-10(13)9-12-7-5-4-6-8-12;2-1(3,4)5/h4-8H,9H2,1-3H3;(H,2,3,4,5)/q+1;/p-1. The first-order valence-electron chi connectivity index (χ1n) is 5.25. The highest BCUT2D eigenvalue weighted by Gasteiger charge is 2.18. The highest BCUT2D eigenvalue weighted by atomic mass is 35.7. The van der Waals surface area contributed by atoms with Gasteiger partial charge in [-0.1, -0.05) is 6.07 Å². The van der Waals surface area contributed by atoms with E-state index < -0.39 is 15.8 Å². The molecule has 0 spiro atoms. The molecule has 0 bridgehead atoms. The van der Waals surface area contributed by atoms with Gasteiger partial charge >= 0.3 is 5.97 Å². The van der Waals surface area contributed by atoms with Crippen LogP contribution in [0.3, 0.4) is 0 Å². The van der Waals surface area contributed by atoms with Crippen molar-refractivity contribution in [1.29, 1.82) is 0 Å². The van der Waals surface area contributed by atoms with Crippen LogP contribution >= 0.6 is 0 Å². The van der Waals surface area contributed by atoms with Crippen molar-refractivity contribution in [2.24, 2.45) is 0 Å². The van der Waals surface area contributed by atoms with Gasteiger partial charge in [0.25, 0.3) is 0 Å². The Morgan fingerprint density at radius 1 is 1.11 bits per heavy atom. The van der Waals surface area contributed by atoms with Crippen molar-refractivity contribution in [2.75, 3.05) is 0 Å². The number of esters is 1. The van der Waals surface area contributed by atoms with Crippen LogP contribution in [-0.2, 0) is 16.1 Å². The van der Waals surface area contributed by atoms with Crippen molar-refractivity contribution < 1.29 is 43.0 Å². The molecule has 1 heterocycles. The largest absolute Gasteiger partial charge is 0.455 e. The summed E-state index contributed by atoms with van der Waals surface area (Å²) in [5, 5.41) is 0. The van der Waals surface area contributed by atoms with Crippen LogP contribution in [0.25, 0.3) is 0 Å². The number of carbonyl (C=O) groups excluding carboxylic acids is 1. The van der Waals surface area contributed by atoms with Gasteiger partial charge in [-0.2, -0.15) is 4.57 Å². The van der Waals surface area contributed by atoms with E-state index in [1.54, 1.807) is 4.57 Å². The van der Waals surface area contributed by atoms with E-state index in [0.29, 0.717) is 0 Å². The number of rotatable bonds is 2. The Hall–Kier alpha value is -1.25. The van der Waals surface area contributed by atoms with Gasteiger partial charge in [0, 0.05) is 12.1 Å². The van der Waals surface area contributed by atoms with Crippen LogP contribution in [0.1, 0.15) is 20.8 Å². The molecule has 108 valence electrons. The molecule has 0 aliphatic rings. The van der Waals surface area contributed by atoms with E-state index >= 15 is 0 Å². The van der Waals surface area contributed by atoms with Gasteiger partial charge in [-0.3, -0.25) is 0 Å². The molecule has 0 aliphatic heterocycles. The second kappa shape index (κ2) is 7.37. The third kappa shape index (κ3) is 14.7. The number of carbonyl (C=O) groups is 1. The van der Waals surface area contributed by atoms with Crippen LogP contribution in [0.2, 0.25) is 0 Å². The fourth-order valence-corrected chi connectivity index (χ4v) is 1.06. The quantitative estimate of drug-likeness (QED) is 0.413. The topological polar surface area (TPSA) is 122 Å². The summed E-state index contributed by atoms with van der Waals surface area (Å²) in [7, 11) is -4.94. The second-order valence-electron chi connectivity index (χ2n) is 4.51. The van der Waals surface area contributed by atoms with E-state index in [2.05, 4.69) is 0 Å². The Labute approximate surface area is 113 Å². The summed E-state index contributed by atoms with van der Waals surface area (Å²) < 4.78 is 40.9. The fraction of sp³-hybridized carbons (Fsp3) is 0.455. The Morgan fingerprint density at radius 3 is 1.89 bits per heavy atom. The van der Waals surface area contributed by atoms with Crippen LogP contribution in [0.5, 0.6) is 0 Å². The Balaban J connectivity index is 0.000000555. The van der Waals surface area contributed by atoms with Gasteiger partial charge in [0.1, 0.15) is 5.60 Å².